The Kier molecular flexibility index (Phi) is 6.33. The summed E-state index contributed by atoms with van der Waals surface area (Å²) in [5.41, 5.74) is 0. The number of carbonyl (C=O) groups excluding carboxylic acids is 1. The Morgan fingerprint density at radius 2 is 2.14 bits per heavy atom. The van der Waals surface area contributed by atoms with Crippen LogP contribution in [0.15, 0.2) is 4.52 Å². The van der Waals surface area contributed by atoms with Crippen molar-refractivity contribution in [2.24, 2.45) is 0 Å². The molecule has 2 rings (SSSR count). The van der Waals surface area contributed by atoms with Crippen molar-refractivity contribution in [2.45, 2.75) is 39.2 Å². The molecule has 7 heteroatoms. The van der Waals surface area contributed by atoms with Crippen LogP contribution in [0.3, 0.4) is 0 Å². The number of carbonyl (C=O) groups is 1. The van der Waals surface area contributed by atoms with Gasteiger partial charge in [-0.05, 0) is 13.3 Å². The van der Waals surface area contributed by atoms with Crippen LogP contribution in [0.2, 0.25) is 0 Å². The number of ether oxygens (including phenoxy) is 1. The van der Waals surface area contributed by atoms with Crippen LogP contribution in [0.4, 0.5) is 0 Å². The van der Waals surface area contributed by atoms with E-state index in [4.69, 9.17) is 9.26 Å². The Morgan fingerprint density at radius 3 is 2.77 bits per heavy atom. The summed E-state index contributed by atoms with van der Waals surface area (Å²) in [7, 11) is 1.83. The number of nitrogens with zero attached hydrogens (tertiary/aromatic N) is 4. The van der Waals surface area contributed by atoms with Crippen LogP contribution < -0.4 is 0 Å². The number of rotatable bonds is 7. The molecule has 1 aliphatic rings. The first-order valence-electron chi connectivity index (χ1n) is 7.91. The lowest BCUT2D eigenvalue weighted by atomic mass is 10.1. The number of morpholine rings is 1. The summed E-state index contributed by atoms with van der Waals surface area (Å²) in [5, 5.41) is 3.84. The van der Waals surface area contributed by atoms with E-state index in [-0.39, 0.29) is 5.91 Å². The Bertz CT molecular complexity index is 471. The van der Waals surface area contributed by atoms with Crippen LogP contribution in [0.1, 0.15) is 31.5 Å². The number of likely N-dealkylation sites (N-methyl/N-ethyl adjacent to an activating group) is 1. The van der Waals surface area contributed by atoms with Gasteiger partial charge in [-0.15, -0.1) is 0 Å². The maximum atomic E-state index is 12.2. The van der Waals surface area contributed by atoms with E-state index in [0.29, 0.717) is 37.1 Å². The predicted molar refractivity (Wildman–Crippen MR) is 81.5 cm³/mol. The van der Waals surface area contributed by atoms with Crippen molar-refractivity contribution in [3.63, 3.8) is 0 Å². The molecule has 2 heterocycles. The summed E-state index contributed by atoms with van der Waals surface area (Å²) in [6, 6.07) is 0.418. The molecule has 0 unspecified atom stereocenters. The van der Waals surface area contributed by atoms with Crippen LogP contribution in [-0.2, 0) is 16.0 Å². The maximum Gasteiger partial charge on any atom is 0.223 e. The standard InChI is InChI=1S/C15H26N4O3/c1-12(19-8-10-21-11-9-19)4-5-15(20)18(3)7-6-14-16-13(2)22-17-14/h12H,4-11H2,1-3H3/t12-/m0/s1. The first-order valence-corrected chi connectivity index (χ1v) is 7.91. The third-order valence-corrected chi connectivity index (χ3v) is 4.11. The maximum absolute atomic E-state index is 12.2. The Balaban J connectivity index is 1.67. The summed E-state index contributed by atoms with van der Waals surface area (Å²) < 4.78 is 10.3. The van der Waals surface area contributed by atoms with E-state index in [1.807, 2.05) is 7.05 Å². The Labute approximate surface area is 131 Å². The van der Waals surface area contributed by atoms with Gasteiger partial charge in [-0.2, -0.15) is 4.98 Å². The molecule has 0 aliphatic carbocycles. The average molecular weight is 310 g/mol. The van der Waals surface area contributed by atoms with Gasteiger partial charge >= 0.3 is 0 Å². The van der Waals surface area contributed by atoms with Gasteiger partial charge in [0.05, 0.1) is 13.2 Å². The van der Waals surface area contributed by atoms with Gasteiger partial charge in [0.1, 0.15) is 0 Å². The summed E-state index contributed by atoms with van der Waals surface area (Å²) in [4.78, 5) is 20.5. The monoisotopic (exact) mass is 310 g/mol. The molecule has 1 aliphatic heterocycles. The van der Waals surface area contributed by atoms with E-state index in [0.717, 1.165) is 32.7 Å². The van der Waals surface area contributed by atoms with Crippen molar-refractivity contribution in [1.82, 2.24) is 19.9 Å². The van der Waals surface area contributed by atoms with E-state index >= 15 is 0 Å². The Morgan fingerprint density at radius 1 is 1.41 bits per heavy atom. The average Bonchev–Trinajstić information content (AvgIpc) is 2.96. The molecule has 1 aromatic heterocycles. The van der Waals surface area contributed by atoms with Crippen molar-refractivity contribution >= 4 is 5.91 Å². The zero-order valence-corrected chi connectivity index (χ0v) is 13.7. The lowest BCUT2D eigenvalue weighted by Crippen LogP contribution is -2.42. The zero-order valence-electron chi connectivity index (χ0n) is 13.7. The second-order valence-corrected chi connectivity index (χ2v) is 5.83. The van der Waals surface area contributed by atoms with Crippen molar-refractivity contribution < 1.29 is 14.1 Å². The highest BCUT2D eigenvalue weighted by atomic mass is 16.5. The molecule has 1 atom stereocenters. The molecule has 1 saturated heterocycles. The van der Waals surface area contributed by atoms with Gasteiger partial charge in [-0.3, -0.25) is 9.69 Å². The molecule has 0 N–H and O–H groups in total. The molecule has 7 nitrogen and oxygen atoms in total. The lowest BCUT2D eigenvalue weighted by Gasteiger charge is -2.32. The number of aromatic nitrogens is 2. The Hall–Kier alpha value is -1.47. The number of aryl methyl sites for hydroxylation is 1. The molecule has 0 aromatic carbocycles. The number of hydrogen-bond donors (Lipinski definition) is 0. The number of hydrogen-bond acceptors (Lipinski definition) is 6. The highest BCUT2D eigenvalue weighted by molar-refractivity contribution is 5.75. The van der Waals surface area contributed by atoms with Gasteiger partial charge in [0.2, 0.25) is 11.8 Å². The molecular weight excluding hydrogens is 284 g/mol. The van der Waals surface area contributed by atoms with E-state index in [1.165, 1.54) is 0 Å². The summed E-state index contributed by atoms with van der Waals surface area (Å²) in [6.45, 7) is 8.07. The van der Waals surface area contributed by atoms with Crippen molar-refractivity contribution in [3.8, 4) is 0 Å². The van der Waals surface area contributed by atoms with Gasteiger partial charge < -0.3 is 14.2 Å². The summed E-state index contributed by atoms with van der Waals surface area (Å²) in [5.74, 6) is 1.38. The van der Waals surface area contributed by atoms with Crippen LogP contribution in [-0.4, -0.2) is 71.8 Å². The van der Waals surface area contributed by atoms with Crippen molar-refractivity contribution in [3.05, 3.63) is 11.7 Å². The molecule has 0 spiro atoms. The second kappa shape index (κ2) is 8.24. The fourth-order valence-corrected chi connectivity index (χ4v) is 2.56. The third kappa shape index (κ3) is 5.06. The first-order chi connectivity index (χ1) is 10.6. The van der Waals surface area contributed by atoms with Gasteiger partial charge in [0.25, 0.3) is 0 Å². The molecule has 1 fully saturated rings. The smallest absolute Gasteiger partial charge is 0.223 e. The molecule has 0 saturated carbocycles. The van der Waals surface area contributed by atoms with Gasteiger partial charge in [0.15, 0.2) is 5.82 Å². The van der Waals surface area contributed by atoms with E-state index in [2.05, 4.69) is 22.0 Å². The normalized spacial score (nSPS) is 17.4. The van der Waals surface area contributed by atoms with E-state index in [1.54, 1.807) is 11.8 Å². The van der Waals surface area contributed by atoms with Crippen LogP contribution in [0, 0.1) is 6.92 Å². The largest absolute Gasteiger partial charge is 0.379 e. The minimum Gasteiger partial charge on any atom is -0.379 e. The minimum absolute atomic E-state index is 0.167. The molecule has 124 valence electrons. The molecular formula is C15H26N4O3. The topological polar surface area (TPSA) is 71.7 Å². The van der Waals surface area contributed by atoms with E-state index in [9.17, 15) is 4.79 Å². The molecule has 0 bridgehead atoms. The van der Waals surface area contributed by atoms with Gasteiger partial charge in [-0.1, -0.05) is 5.16 Å². The molecule has 1 amide bonds. The molecule has 0 radical (unpaired) electrons. The zero-order chi connectivity index (χ0) is 15.9. The summed E-state index contributed by atoms with van der Waals surface area (Å²) in [6.07, 6.45) is 2.07. The lowest BCUT2D eigenvalue weighted by molar-refractivity contribution is -0.130. The highest BCUT2D eigenvalue weighted by Crippen LogP contribution is 2.10. The third-order valence-electron chi connectivity index (χ3n) is 4.11. The van der Waals surface area contributed by atoms with Gasteiger partial charge in [-0.25, -0.2) is 0 Å². The van der Waals surface area contributed by atoms with Crippen molar-refractivity contribution in [2.75, 3.05) is 39.9 Å². The SMILES string of the molecule is Cc1nc(CCN(C)C(=O)CC[C@H](C)N2CCOCC2)no1. The second-order valence-electron chi connectivity index (χ2n) is 5.83. The fourth-order valence-electron chi connectivity index (χ4n) is 2.56. The van der Waals surface area contributed by atoms with E-state index < -0.39 is 0 Å². The van der Waals surface area contributed by atoms with Gasteiger partial charge in [0, 0.05) is 52.5 Å². The number of amides is 1. The minimum atomic E-state index is 0.167. The molecule has 1 aromatic rings. The van der Waals surface area contributed by atoms with Crippen LogP contribution in [0.25, 0.3) is 0 Å². The highest BCUT2D eigenvalue weighted by Gasteiger charge is 2.19. The molecule has 22 heavy (non-hydrogen) atoms. The fraction of sp³-hybridized carbons (Fsp3) is 0.800. The van der Waals surface area contributed by atoms with Crippen LogP contribution in [0.5, 0.6) is 0 Å². The summed E-state index contributed by atoms with van der Waals surface area (Å²) >= 11 is 0. The van der Waals surface area contributed by atoms with Crippen molar-refractivity contribution in [1.29, 1.82) is 0 Å². The van der Waals surface area contributed by atoms with Crippen LogP contribution >= 0.6 is 0 Å². The predicted octanol–water partition coefficient (Wildman–Crippen LogP) is 0.880. The first kappa shape index (κ1) is 16.9. The quantitative estimate of drug-likeness (QED) is 0.744.